The van der Waals surface area contributed by atoms with Crippen molar-refractivity contribution in [2.45, 2.75) is 20.0 Å². The van der Waals surface area contributed by atoms with E-state index in [0.717, 1.165) is 4.90 Å². The van der Waals surface area contributed by atoms with Crippen molar-refractivity contribution >= 4 is 51.9 Å². The summed E-state index contributed by atoms with van der Waals surface area (Å²) in [6, 6.07) is 25.4. The van der Waals surface area contributed by atoms with Gasteiger partial charge in [0.05, 0.1) is 35.9 Å². The Balaban J connectivity index is 1.23. The minimum absolute atomic E-state index is 0.0689. The molecule has 43 heavy (non-hydrogen) atoms. The summed E-state index contributed by atoms with van der Waals surface area (Å²) in [5, 5.41) is 1.22. The Morgan fingerprint density at radius 1 is 0.837 bits per heavy atom. The number of halogens is 1. The summed E-state index contributed by atoms with van der Waals surface area (Å²) in [7, 11) is 1.55. The molecule has 1 aromatic heterocycles. The molecule has 0 N–H and O–H groups in total. The first-order valence-electron chi connectivity index (χ1n) is 13.5. The Hall–Kier alpha value is -5.21. The molecule has 0 radical (unpaired) electrons. The molecular weight excluding hydrogens is 568 g/mol. The lowest BCUT2D eigenvalue weighted by Crippen LogP contribution is -2.29. The minimum Gasteiger partial charge on any atom is -0.497 e. The van der Waals surface area contributed by atoms with Gasteiger partial charge in [-0.3, -0.25) is 23.7 Å². The van der Waals surface area contributed by atoms with Crippen molar-refractivity contribution in [1.82, 2.24) is 4.57 Å². The van der Waals surface area contributed by atoms with Crippen molar-refractivity contribution in [3.8, 4) is 5.75 Å². The molecule has 0 spiro atoms. The number of esters is 1. The third-order valence-corrected chi connectivity index (χ3v) is 7.77. The van der Waals surface area contributed by atoms with Gasteiger partial charge in [-0.1, -0.05) is 35.9 Å². The first-order chi connectivity index (χ1) is 20.8. The number of hydrogen-bond acceptors (Lipinski definition) is 6. The number of aromatic nitrogens is 1. The van der Waals surface area contributed by atoms with Crippen molar-refractivity contribution in [3.05, 3.63) is 130 Å². The fraction of sp³-hybridized carbons (Fsp3) is 0.118. The summed E-state index contributed by atoms with van der Waals surface area (Å²) < 4.78 is 12.6. The third-order valence-electron chi connectivity index (χ3n) is 7.52. The van der Waals surface area contributed by atoms with E-state index in [1.807, 2.05) is 0 Å². The fourth-order valence-corrected chi connectivity index (χ4v) is 5.49. The number of methoxy groups -OCH3 is 1. The van der Waals surface area contributed by atoms with Crippen LogP contribution in [0.15, 0.2) is 91.0 Å². The van der Waals surface area contributed by atoms with Gasteiger partial charge in [-0.25, -0.2) is 4.90 Å². The Morgan fingerprint density at radius 3 is 2.21 bits per heavy atom. The number of fused-ring (bicyclic) bond motifs is 2. The van der Waals surface area contributed by atoms with Gasteiger partial charge in [0.1, 0.15) is 12.4 Å². The smallest absolute Gasteiger partial charge is 0.310 e. The average Bonchev–Trinajstić information content (AvgIpc) is 3.44. The van der Waals surface area contributed by atoms with Crippen LogP contribution in [-0.4, -0.2) is 35.4 Å². The number of benzene rings is 4. The van der Waals surface area contributed by atoms with Crippen LogP contribution < -0.4 is 9.64 Å². The fourth-order valence-electron chi connectivity index (χ4n) is 5.36. The lowest BCUT2D eigenvalue weighted by molar-refractivity contribution is -0.144. The zero-order chi connectivity index (χ0) is 30.2. The minimum atomic E-state index is -0.505. The zero-order valence-electron chi connectivity index (χ0n) is 23.3. The lowest BCUT2D eigenvalue weighted by Gasteiger charge is -2.15. The van der Waals surface area contributed by atoms with Crippen LogP contribution in [0.1, 0.15) is 47.9 Å². The van der Waals surface area contributed by atoms with Crippen molar-refractivity contribution in [2.75, 3.05) is 12.0 Å². The van der Waals surface area contributed by atoms with Crippen LogP contribution in [0, 0.1) is 6.92 Å². The van der Waals surface area contributed by atoms with Gasteiger partial charge in [-0.2, -0.15) is 0 Å². The molecule has 214 valence electrons. The molecule has 2 amide bonds. The Kier molecular flexibility index (Phi) is 7.29. The van der Waals surface area contributed by atoms with Crippen LogP contribution in [-0.2, 0) is 22.6 Å². The summed E-state index contributed by atoms with van der Waals surface area (Å²) >= 11 is 6.02. The van der Waals surface area contributed by atoms with Gasteiger partial charge in [-0.05, 0) is 84.8 Å². The summed E-state index contributed by atoms with van der Waals surface area (Å²) in [6.45, 7) is 1.72. The summed E-state index contributed by atoms with van der Waals surface area (Å²) in [6.07, 6.45) is -0.0888. The first kappa shape index (κ1) is 27.9. The molecule has 6 rings (SSSR count). The standard InChI is InChI=1S/C34H25ClN2O6/c1-20-28(29-17-25(42-2)14-15-30(29)36(20)32(39)22-10-12-23(35)13-11-22)18-31(38)43-19-21-6-5-7-24(16-21)37-33(40)26-8-3-4-9-27(26)34(37)41/h3-17H,18-19H2,1-2H3. The van der Waals surface area contributed by atoms with Gasteiger partial charge in [0.2, 0.25) is 0 Å². The Bertz CT molecular complexity index is 1910. The molecule has 4 aromatic carbocycles. The maximum atomic E-state index is 13.5. The number of carbonyl (C=O) groups excluding carboxylic acids is 4. The molecular formula is C34H25ClN2O6. The number of hydrogen-bond donors (Lipinski definition) is 0. The molecule has 0 bridgehead atoms. The normalized spacial score (nSPS) is 12.5. The van der Waals surface area contributed by atoms with Crippen LogP contribution in [0.4, 0.5) is 5.69 Å². The molecule has 1 aliphatic rings. The van der Waals surface area contributed by atoms with Crippen molar-refractivity contribution < 1.29 is 28.7 Å². The monoisotopic (exact) mass is 592 g/mol. The third kappa shape index (κ3) is 5.06. The van der Waals surface area contributed by atoms with E-state index in [-0.39, 0.29) is 18.9 Å². The number of rotatable bonds is 7. The van der Waals surface area contributed by atoms with Gasteiger partial charge in [0, 0.05) is 21.7 Å². The summed E-state index contributed by atoms with van der Waals surface area (Å²) in [5.41, 5.74) is 4.04. The Morgan fingerprint density at radius 2 is 1.53 bits per heavy atom. The van der Waals surface area contributed by atoms with E-state index < -0.39 is 17.8 Å². The van der Waals surface area contributed by atoms with Crippen molar-refractivity contribution in [3.63, 3.8) is 0 Å². The highest BCUT2D eigenvalue weighted by atomic mass is 35.5. The van der Waals surface area contributed by atoms with Crippen LogP contribution >= 0.6 is 11.6 Å². The van der Waals surface area contributed by atoms with Crippen molar-refractivity contribution in [2.24, 2.45) is 0 Å². The summed E-state index contributed by atoms with van der Waals surface area (Å²) in [5.74, 6) is -0.970. The van der Waals surface area contributed by atoms with Crippen LogP contribution in [0.2, 0.25) is 5.02 Å². The second-order valence-corrected chi connectivity index (χ2v) is 10.5. The number of amides is 2. The second-order valence-electron chi connectivity index (χ2n) is 10.1. The van der Waals surface area contributed by atoms with Gasteiger partial charge >= 0.3 is 5.97 Å². The molecule has 5 aromatic rings. The number of ether oxygens (including phenoxy) is 2. The highest BCUT2D eigenvalue weighted by Crippen LogP contribution is 2.32. The molecule has 2 heterocycles. The molecule has 0 saturated carbocycles. The maximum absolute atomic E-state index is 13.5. The van der Waals surface area contributed by atoms with Crippen LogP contribution in [0.3, 0.4) is 0 Å². The number of nitrogens with zero attached hydrogens (tertiary/aromatic N) is 2. The van der Waals surface area contributed by atoms with Gasteiger partial charge in [0.25, 0.3) is 17.7 Å². The predicted octanol–water partition coefficient (Wildman–Crippen LogP) is 6.39. The molecule has 0 unspecified atom stereocenters. The molecule has 0 saturated heterocycles. The van der Waals surface area contributed by atoms with Crippen LogP contribution in [0.5, 0.6) is 5.75 Å². The number of anilines is 1. The zero-order valence-corrected chi connectivity index (χ0v) is 24.1. The quantitative estimate of drug-likeness (QED) is 0.161. The lowest BCUT2D eigenvalue weighted by atomic mass is 10.1. The van der Waals surface area contributed by atoms with E-state index in [9.17, 15) is 19.2 Å². The van der Waals surface area contributed by atoms with Gasteiger partial charge in [-0.15, -0.1) is 0 Å². The topological polar surface area (TPSA) is 94.9 Å². The van der Waals surface area contributed by atoms with Crippen molar-refractivity contribution in [1.29, 1.82) is 0 Å². The summed E-state index contributed by atoms with van der Waals surface area (Å²) in [4.78, 5) is 53.6. The SMILES string of the molecule is COc1ccc2c(c1)c(CC(=O)OCc1cccc(N3C(=O)c4ccccc4C3=O)c1)c(C)n2C(=O)c1ccc(Cl)cc1. The van der Waals surface area contributed by atoms with E-state index in [0.29, 0.717) is 60.9 Å². The second kappa shape index (κ2) is 11.2. The molecule has 0 fully saturated rings. The maximum Gasteiger partial charge on any atom is 0.310 e. The Labute approximate surface area is 252 Å². The van der Waals surface area contributed by atoms with Gasteiger partial charge in [0.15, 0.2) is 0 Å². The van der Waals surface area contributed by atoms with E-state index >= 15 is 0 Å². The number of imide groups is 1. The van der Waals surface area contributed by atoms with E-state index in [1.165, 1.54) is 0 Å². The molecule has 1 aliphatic heterocycles. The van der Waals surface area contributed by atoms with Gasteiger partial charge < -0.3 is 9.47 Å². The first-order valence-corrected chi connectivity index (χ1v) is 13.8. The average molecular weight is 593 g/mol. The molecule has 9 heteroatoms. The number of carbonyl (C=O) groups is 4. The highest BCUT2D eigenvalue weighted by molar-refractivity contribution is 6.34. The molecule has 0 aliphatic carbocycles. The van der Waals surface area contributed by atoms with Crippen LogP contribution in [0.25, 0.3) is 10.9 Å². The highest BCUT2D eigenvalue weighted by Gasteiger charge is 2.36. The van der Waals surface area contributed by atoms with E-state index in [1.54, 1.807) is 110 Å². The largest absolute Gasteiger partial charge is 0.497 e. The molecule has 0 atom stereocenters. The van der Waals surface area contributed by atoms with E-state index in [2.05, 4.69) is 0 Å². The molecule has 8 nitrogen and oxygen atoms in total. The predicted molar refractivity (Wildman–Crippen MR) is 162 cm³/mol. The van der Waals surface area contributed by atoms with E-state index in [4.69, 9.17) is 21.1 Å².